The minimum absolute atomic E-state index is 0.172. The smallest absolute Gasteiger partial charge is 0.268 e. The lowest BCUT2D eigenvalue weighted by atomic mass is 10.3. The van der Waals surface area contributed by atoms with E-state index in [1.54, 1.807) is 6.92 Å². The SMILES string of the molecule is CCCNS(=O)(=O)Nc1cc(S(N)(=O)=O)ccc1F. The van der Waals surface area contributed by atoms with E-state index in [9.17, 15) is 21.2 Å². The molecule has 0 atom stereocenters. The number of rotatable bonds is 6. The molecule has 19 heavy (non-hydrogen) atoms. The predicted molar refractivity (Wildman–Crippen MR) is 68.6 cm³/mol. The van der Waals surface area contributed by atoms with Crippen molar-refractivity contribution in [2.45, 2.75) is 18.2 Å². The molecule has 0 spiro atoms. The van der Waals surface area contributed by atoms with Gasteiger partial charge in [0, 0.05) is 6.54 Å². The van der Waals surface area contributed by atoms with E-state index in [1.807, 2.05) is 4.72 Å². The summed E-state index contributed by atoms with van der Waals surface area (Å²) in [6.45, 7) is 1.93. The summed E-state index contributed by atoms with van der Waals surface area (Å²) in [5.41, 5.74) is -0.491. The number of nitrogens with two attached hydrogens (primary N) is 1. The van der Waals surface area contributed by atoms with Crippen LogP contribution in [0, 0.1) is 5.82 Å². The molecule has 0 fully saturated rings. The van der Waals surface area contributed by atoms with E-state index in [2.05, 4.69) is 4.72 Å². The van der Waals surface area contributed by atoms with Crippen LogP contribution in [0.2, 0.25) is 0 Å². The number of halogens is 1. The summed E-state index contributed by atoms with van der Waals surface area (Å²) in [6.07, 6.45) is 0.556. The molecule has 1 aromatic rings. The first kappa shape index (κ1) is 15.8. The van der Waals surface area contributed by atoms with Gasteiger partial charge in [0.05, 0.1) is 10.6 Å². The monoisotopic (exact) mass is 311 g/mol. The second-order valence-corrected chi connectivity index (χ2v) is 6.75. The van der Waals surface area contributed by atoms with Gasteiger partial charge in [-0.1, -0.05) is 6.92 Å². The molecule has 0 aromatic heterocycles. The Bertz CT molecular complexity index is 658. The maximum atomic E-state index is 13.4. The van der Waals surface area contributed by atoms with Gasteiger partial charge in [-0.2, -0.15) is 13.1 Å². The van der Waals surface area contributed by atoms with Crippen molar-refractivity contribution in [3.05, 3.63) is 24.0 Å². The van der Waals surface area contributed by atoms with Crippen molar-refractivity contribution in [3.63, 3.8) is 0 Å². The fraction of sp³-hybridized carbons (Fsp3) is 0.333. The third-order valence-corrected chi connectivity index (χ3v) is 4.04. The lowest BCUT2D eigenvalue weighted by Gasteiger charge is -2.10. The van der Waals surface area contributed by atoms with Gasteiger partial charge in [-0.3, -0.25) is 4.72 Å². The van der Waals surface area contributed by atoms with Gasteiger partial charge >= 0.3 is 0 Å². The highest BCUT2D eigenvalue weighted by atomic mass is 32.2. The van der Waals surface area contributed by atoms with Gasteiger partial charge in [0.15, 0.2) is 0 Å². The predicted octanol–water partition coefficient (Wildman–Crippen LogP) is 0.129. The molecule has 0 aliphatic carbocycles. The molecular formula is C9H14FN3O4S2. The van der Waals surface area contributed by atoms with Gasteiger partial charge in [0.2, 0.25) is 10.0 Å². The average molecular weight is 311 g/mol. The van der Waals surface area contributed by atoms with Crippen LogP contribution in [-0.2, 0) is 20.2 Å². The minimum Gasteiger partial charge on any atom is -0.268 e. The molecule has 0 saturated heterocycles. The summed E-state index contributed by atoms with van der Waals surface area (Å²) < 4.78 is 62.7. The normalized spacial score (nSPS) is 12.4. The van der Waals surface area contributed by atoms with E-state index >= 15 is 0 Å². The number of primary sulfonamides is 1. The first-order chi connectivity index (χ1) is 8.65. The summed E-state index contributed by atoms with van der Waals surface area (Å²) in [7, 11) is -7.99. The van der Waals surface area contributed by atoms with Crippen molar-refractivity contribution in [1.29, 1.82) is 0 Å². The Balaban J connectivity index is 3.08. The summed E-state index contributed by atoms with van der Waals surface area (Å²) in [6, 6.07) is 2.58. The number of hydrogen-bond donors (Lipinski definition) is 3. The number of sulfonamides is 1. The zero-order chi connectivity index (χ0) is 14.7. The van der Waals surface area contributed by atoms with Crippen molar-refractivity contribution >= 4 is 25.9 Å². The zero-order valence-electron chi connectivity index (χ0n) is 10.1. The first-order valence-electron chi connectivity index (χ1n) is 5.25. The molecule has 1 aromatic carbocycles. The van der Waals surface area contributed by atoms with E-state index in [0.29, 0.717) is 6.42 Å². The topological polar surface area (TPSA) is 118 Å². The molecule has 0 bridgehead atoms. The van der Waals surface area contributed by atoms with Crippen LogP contribution in [0.1, 0.15) is 13.3 Å². The first-order valence-corrected chi connectivity index (χ1v) is 8.28. The molecule has 4 N–H and O–H groups in total. The maximum Gasteiger partial charge on any atom is 0.299 e. The van der Waals surface area contributed by atoms with Crippen LogP contribution in [0.3, 0.4) is 0 Å². The van der Waals surface area contributed by atoms with Crippen LogP contribution < -0.4 is 14.6 Å². The van der Waals surface area contributed by atoms with Gasteiger partial charge < -0.3 is 0 Å². The molecule has 108 valence electrons. The summed E-state index contributed by atoms with van der Waals surface area (Å²) >= 11 is 0. The third kappa shape index (κ3) is 4.74. The van der Waals surface area contributed by atoms with Crippen molar-refractivity contribution in [2.75, 3.05) is 11.3 Å². The van der Waals surface area contributed by atoms with Crippen molar-refractivity contribution in [3.8, 4) is 0 Å². The summed E-state index contributed by atoms with van der Waals surface area (Å²) in [5.74, 6) is -0.908. The van der Waals surface area contributed by atoms with E-state index in [0.717, 1.165) is 18.2 Å². The maximum absolute atomic E-state index is 13.4. The number of anilines is 1. The molecule has 7 nitrogen and oxygen atoms in total. The van der Waals surface area contributed by atoms with E-state index < -0.39 is 31.7 Å². The Kier molecular flexibility index (Phi) is 4.85. The van der Waals surface area contributed by atoms with E-state index in [1.165, 1.54) is 0 Å². The van der Waals surface area contributed by atoms with Crippen molar-refractivity contribution < 1.29 is 21.2 Å². The fourth-order valence-electron chi connectivity index (χ4n) is 1.18. The van der Waals surface area contributed by atoms with Crippen LogP contribution in [-0.4, -0.2) is 23.4 Å². The standard InChI is InChI=1S/C9H14FN3O4S2/c1-2-5-12-19(16,17)13-9-6-7(18(11,14)15)3-4-8(9)10/h3-4,6,12-13H,2,5H2,1H3,(H2,11,14,15). The van der Waals surface area contributed by atoms with Gasteiger partial charge in [-0.25, -0.2) is 17.9 Å². The number of nitrogens with one attached hydrogen (secondary N) is 2. The van der Waals surface area contributed by atoms with Gasteiger partial charge in [-0.05, 0) is 24.6 Å². The highest BCUT2D eigenvalue weighted by Crippen LogP contribution is 2.19. The lowest BCUT2D eigenvalue weighted by molar-refractivity contribution is 0.583. The minimum atomic E-state index is -4.04. The second-order valence-electron chi connectivity index (χ2n) is 3.69. The van der Waals surface area contributed by atoms with E-state index in [4.69, 9.17) is 5.14 Å². The summed E-state index contributed by atoms with van der Waals surface area (Å²) in [5, 5.41) is 4.88. The number of benzene rings is 1. The highest BCUT2D eigenvalue weighted by molar-refractivity contribution is 7.90. The Morgan fingerprint density at radius 3 is 2.42 bits per heavy atom. The molecule has 0 unspecified atom stereocenters. The second kappa shape index (κ2) is 5.82. The molecule has 0 amide bonds. The van der Waals surface area contributed by atoms with Gasteiger partial charge in [0.25, 0.3) is 10.2 Å². The van der Waals surface area contributed by atoms with Crippen molar-refractivity contribution in [1.82, 2.24) is 4.72 Å². The fourth-order valence-corrected chi connectivity index (χ4v) is 2.71. The Labute approximate surface area is 111 Å². The molecule has 10 heteroatoms. The van der Waals surface area contributed by atoms with Crippen LogP contribution in [0.15, 0.2) is 23.1 Å². The molecule has 1 rings (SSSR count). The third-order valence-electron chi connectivity index (χ3n) is 2.05. The van der Waals surface area contributed by atoms with Crippen molar-refractivity contribution in [2.24, 2.45) is 5.14 Å². The molecular weight excluding hydrogens is 297 g/mol. The molecule has 0 saturated carbocycles. The molecule has 0 aliphatic heterocycles. The largest absolute Gasteiger partial charge is 0.299 e. The van der Waals surface area contributed by atoms with Crippen LogP contribution in [0.25, 0.3) is 0 Å². The molecule has 0 aliphatic rings. The Morgan fingerprint density at radius 1 is 1.26 bits per heavy atom. The number of hydrogen-bond acceptors (Lipinski definition) is 4. The van der Waals surface area contributed by atoms with Gasteiger partial charge in [0.1, 0.15) is 5.82 Å². The lowest BCUT2D eigenvalue weighted by Crippen LogP contribution is -2.31. The van der Waals surface area contributed by atoms with E-state index in [-0.39, 0.29) is 11.4 Å². The molecule has 0 heterocycles. The highest BCUT2D eigenvalue weighted by Gasteiger charge is 2.16. The Hall–Kier alpha value is -1.23. The molecule has 0 radical (unpaired) electrons. The Morgan fingerprint density at radius 2 is 1.89 bits per heavy atom. The van der Waals surface area contributed by atoms with Crippen LogP contribution >= 0.6 is 0 Å². The van der Waals surface area contributed by atoms with Crippen LogP contribution in [0.5, 0.6) is 0 Å². The summed E-state index contributed by atoms with van der Waals surface area (Å²) in [4.78, 5) is -0.387. The van der Waals surface area contributed by atoms with Crippen LogP contribution in [0.4, 0.5) is 10.1 Å². The zero-order valence-corrected chi connectivity index (χ0v) is 11.7. The van der Waals surface area contributed by atoms with Gasteiger partial charge in [-0.15, -0.1) is 0 Å². The average Bonchev–Trinajstić information content (AvgIpc) is 2.28. The quantitative estimate of drug-likeness (QED) is 0.692.